The largest absolute Gasteiger partial charge is 0.465 e. The predicted octanol–water partition coefficient (Wildman–Crippen LogP) is 2.21. The molecular weight excluding hydrogens is 268 g/mol. The van der Waals surface area contributed by atoms with Crippen molar-refractivity contribution >= 4 is 11.9 Å². The summed E-state index contributed by atoms with van der Waals surface area (Å²) in [7, 11) is 0. The lowest BCUT2D eigenvalue weighted by atomic mass is 9.96. The monoisotopic (exact) mass is 288 g/mol. The average Bonchev–Trinajstić information content (AvgIpc) is 2.53. The maximum absolute atomic E-state index is 12.3. The average molecular weight is 288 g/mol. The normalized spacial score (nSPS) is 17.0. The Morgan fingerprint density at radius 1 is 1.29 bits per heavy atom. The molecule has 1 aromatic rings. The van der Waals surface area contributed by atoms with E-state index in [9.17, 15) is 14.7 Å². The quantitative estimate of drug-likeness (QED) is 0.815. The van der Waals surface area contributed by atoms with Gasteiger partial charge in [-0.05, 0) is 37.6 Å². The summed E-state index contributed by atoms with van der Waals surface area (Å²) >= 11 is 0. The zero-order valence-corrected chi connectivity index (χ0v) is 11.9. The molecule has 0 bridgehead atoms. The molecule has 0 radical (unpaired) electrons. The molecule has 1 amide bonds. The van der Waals surface area contributed by atoms with Crippen LogP contribution >= 0.6 is 0 Å². The van der Waals surface area contributed by atoms with Gasteiger partial charge in [0.1, 0.15) is 6.04 Å². The number of rotatable bonds is 5. The van der Waals surface area contributed by atoms with Crippen molar-refractivity contribution in [3.8, 4) is 0 Å². The van der Waals surface area contributed by atoms with Crippen molar-refractivity contribution in [3.63, 3.8) is 0 Å². The fraction of sp³-hybridized carbons (Fsp3) is 0.375. The van der Waals surface area contributed by atoms with Crippen molar-refractivity contribution in [2.24, 2.45) is 0 Å². The molecule has 0 saturated carbocycles. The van der Waals surface area contributed by atoms with Crippen LogP contribution in [0.3, 0.4) is 0 Å². The van der Waals surface area contributed by atoms with Crippen molar-refractivity contribution in [1.29, 1.82) is 0 Å². The van der Waals surface area contributed by atoms with Gasteiger partial charge in [-0.1, -0.05) is 36.9 Å². The number of benzene rings is 1. The van der Waals surface area contributed by atoms with Crippen LogP contribution in [-0.2, 0) is 4.79 Å². The van der Waals surface area contributed by atoms with E-state index in [1.54, 1.807) is 24.3 Å². The molecule has 1 aliphatic heterocycles. The molecule has 0 aromatic heterocycles. The molecule has 2 N–H and O–H groups in total. The minimum absolute atomic E-state index is 0.155. The molecule has 1 atom stereocenters. The summed E-state index contributed by atoms with van der Waals surface area (Å²) in [5.41, 5.74) is 0.684. The number of ketones is 1. The number of hydrogen-bond acceptors (Lipinski definition) is 3. The second-order valence-electron chi connectivity index (χ2n) is 5.09. The Bertz CT molecular complexity index is 510. The maximum Gasteiger partial charge on any atom is 0.408 e. The van der Waals surface area contributed by atoms with E-state index in [4.69, 9.17) is 0 Å². The molecule has 2 rings (SSSR count). The van der Waals surface area contributed by atoms with Crippen LogP contribution in [0.4, 0.5) is 4.79 Å². The first-order valence-corrected chi connectivity index (χ1v) is 7.08. The number of carbonyl (C=O) groups excluding carboxylic acids is 1. The highest BCUT2D eigenvalue weighted by Gasteiger charge is 2.35. The number of amides is 1. The van der Waals surface area contributed by atoms with E-state index < -0.39 is 12.1 Å². The SMILES string of the molecule is C=CC(=O)C(c1ccccc1)N(C(=O)O)C1CCNCC1. The molecule has 5 nitrogen and oxygen atoms in total. The van der Waals surface area contributed by atoms with Crippen molar-refractivity contribution in [3.05, 3.63) is 48.6 Å². The van der Waals surface area contributed by atoms with Crippen LogP contribution in [0, 0.1) is 0 Å². The number of nitrogens with one attached hydrogen (secondary N) is 1. The molecule has 0 aliphatic carbocycles. The molecule has 5 heteroatoms. The second kappa shape index (κ2) is 7.04. The Morgan fingerprint density at radius 2 is 1.90 bits per heavy atom. The summed E-state index contributed by atoms with van der Waals surface area (Å²) in [4.78, 5) is 25.3. The third kappa shape index (κ3) is 3.49. The maximum atomic E-state index is 12.3. The molecule has 1 unspecified atom stereocenters. The van der Waals surface area contributed by atoms with Crippen molar-refractivity contribution < 1.29 is 14.7 Å². The smallest absolute Gasteiger partial charge is 0.408 e. The highest BCUT2D eigenvalue weighted by atomic mass is 16.4. The van der Waals surface area contributed by atoms with Crippen molar-refractivity contribution in [1.82, 2.24) is 10.2 Å². The highest BCUT2D eigenvalue weighted by molar-refractivity contribution is 5.96. The topological polar surface area (TPSA) is 69.6 Å². The summed E-state index contributed by atoms with van der Waals surface area (Å²) in [5.74, 6) is -0.290. The number of carbonyl (C=O) groups is 2. The fourth-order valence-corrected chi connectivity index (χ4v) is 2.77. The third-order valence-corrected chi connectivity index (χ3v) is 3.79. The van der Waals surface area contributed by atoms with Crippen LogP contribution in [0.1, 0.15) is 24.4 Å². The van der Waals surface area contributed by atoms with Gasteiger partial charge in [0.15, 0.2) is 5.78 Å². The third-order valence-electron chi connectivity index (χ3n) is 3.79. The summed E-state index contributed by atoms with van der Waals surface area (Å²) in [6.07, 6.45) is 1.56. The van der Waals surface area contributed by atoms with Gasteiger partial charge in [0, 0.05) is 6.04 Å². The molecule has 112 valence electrons. The van der Waals surface area contributed by atoms with E-state index in [2.05, 4.69) is 11.9 Å². The van der Waals surface area contributed by atoms with E-state index in [1.165, 1.54) is 11.0 Å². The standard InChI is InChI=1S/C16H20N2O3/c1-2-14(19)15(12-6-4-3-5-7-12)18(16(20)21)13-8-10-17-11-9-13/h2-7,13,15,17H,1,8-11H2,(H,20,21). The zero-order chi connectivity index (χ0) is 15.2. The lowest BCUT2D eigenvalue weighted by molar-refractivity contribution is -0.120. The van der Waals surface area contributed by atoms with Crippen LogP contribution in [0.2, 0.25) is 0 Å². The summed E-state index contributed by atoms with van der Waals surface area (Å²) in [6.45, 7) is 5.04. The predicted molar refractivity (Wildman–Crippen MR) is 80.1 cm³/mol. The van der Waals surface area contributed by atoms with Gasteiger partial charge >= 0.3 is 6.09 Å². The summed E-state index contributed by atoms with van der Waals surface area (Å²) < 4.78 is 0. The number of piperidine rings is 1. The molecule has 21 heavy (non-hydrogen) atoms. The first-order valence-electron chi connectivity index (χ1n) is 7.08. The van der Waals surface area contributed by atoms with Crippen LogP contribution in [0.25, 0.3) is 0 Å². The summed E-state index contributed by atoms with van der Waals surface area (Å²) in [5, 5.41) is 12.8. The van der Waals surface area contributed by atoms with Gasteiger partial charge in [-0.15, -0.1) is 0 Å². The second-order valence-corrected chi connectivity index (χ2v) is 5.09. The molecule has 1 aliphatic rings. The van der Waals surface area contributed by atoms with Gasteiger partial charge in [-0.2, -0.15) is 0 Å². The first kappa shape index (κ1) is 15.3. The Balaban J connectivity index is 2.37. The van der Waals surface area contributed by atoms with E-state index in [1.807, 2.05) is 6.07 Å². The van der Waals surface area contributed by atoms with E-state index in [-0.39, 0.29) is 11.8 Å². The zero-order valence-electron chi connectivity index (χ0n) is 11.9. The van der Waals surface area contributed by atoms with Crippen LogP contribution in [0.15, 0.2) is 43.0 Å². The minimum Gasteiger partial charge on any atom is -0.465 e. The Labute approximate surface area is 124 Å². The number of hydrogen-bond donors (Lipinski definition) is 2. The van der Waals surface area contributed by atoms with Gasteiger partial charge in [0.25, 0.3) is 0 Å². The van der Waals surface area contributed by atoms with Crippen LogP contribution < -0.4 is 5.32 Å². The van der Waals surface area contributed by atoms with Gasteiger partial charge in [0.05, 0.1) is 0 Å². The van der Waals surface area contributed by atoms with Gasteiger partial charge < -0.3 is 10.4 Å². The van der Waals surface area contributed by atoms with E-state index in [0.29, 0.717) is 18.4 Å². The van der Waals surface area contributed by atoms with E-state index in [0.717, 1.165) is 13.1 Å². The number of carboxylic acid groups (broad SMARTS) is 1. The number of nitrogens with zero attached hydrogens (tertiary/aromatic N) is 1. The molecule has 0 spiro atoms. The lowest BCUT2D eigenvalue weighted by Gasteiger charge is -2.37. The van der Waals surface area contributed by atoms with Crippen molar-refractivity contribution in [2.75, 3.05) is 13.1 Å². The lowest BCUT2D eigenvalue weighted by Crippen LogP contribution is -2.49. The van der Waals surface area contributed by atoms with Gasteiger partial charge in [0.2, 0.25) is 0 Å². The fourth-order valence-electron chi connectivity index (χ4n) is 2.77. The molecular formula is C16H20N2O3. The Morgan fingerprint density at radius 3 is 2.43 bits per heavy atom. The van der Waals surface area contributed by atoms with Crippen LogP contribution in [0.5, 0.6) is 0 Å². The Hall–Kier alpha value is -2.14. The highest BCUT2D eigenvalue weighted by Crippen LogP contribution is 2.27. The van der Waals surface area contributed by atoms with Gasteiger partial charge in [-0.25, -0.2) is 4.79 Å². The van der Waals surface area contributed by atoms with Crippen molar-refractivity contribution in [2.45, 2.75) is 24.9 Å². The van der Waals surface area contributed by atoms with Gasteiger partial charge in [-0.3, -0.25) is 9.69 Å². The summed E-state index contributed by atoms with van der Waals surface area (Å²) in [6, 6.07) is 8.05. The molecule has 1 aromatic carbocycles. The van der Waals surface area contributed by atoms with E-state index >= 15 is 0 Å². The molecule has 1 saturated heterocycles. The van der Waals surface area contributed by atoms with Crippen LogP contribution in [-0.4, -0.2) is 41.0 Å². The Kier molecular flexibility index (Phi) is 5.11. The first-order chi connectivity index (χ1) is 10.1. The minimum atomic E-state index is -1.06. The molecule has 1 heterocycles. The molecule has 1 fully saturated rings.